The first-order valence-corrected chi connectivity index (χ1v) is 12.9. The van der Waals surface area contributed by atoms with Gasteiger partial charge in [-0.15, -0.1) is 0 Å². The predicted molar refractivity (Wildman–Crippen MR) is 139 cm³/mol. The van der Waals surface area contributed by atoms with E-state index in [9.17, 15) is 9.79 Å². The van der Waals surface area contributed by atoms with Crippen LogP contribution in [0.2, 0.25) is 0 Å². The SMILES string of the molecule is CC(C)NC(C)Oc1ccc(C(=C2CCCc3ccccc32)c2ccc(OP(O)O)cc2)cc1. The van der Waals surface area contributed by atoms with Crippen molar-refractivity contribution in [3.8, 4) is 11.5 Å². The summed E-state index contributed by atoms with van der Waals surface area (Å²) in [6.07, 6.45) is 3.11. The fraction of sp³-hybridized carbons (Fsp3) is 0.286. The van der Waals surface area contributed by atoms with Crippen molar-refractivity contribution in [2.75, 3.05) is 0 Å². The minimum absolute atomic E-state index is 0.0787. The summed E-state index contributed by atoms with van der Waals surface area (Å²) in [6, 6.07) is 24.8. The molecule has 1 aliphatic rings. The summed E-state index contributed by atoms with van der Waals surface area (Å²) >= 11 is 0. The maximum absolute atomic E-state index is 9.18. The van der Waals surface area contributed by atoms with Crippen LogP contribution in [0.1, 0.15) is 55.9 Å². The molecule has 1 aliphatic carbocycles. The molecule has 0 heterocycles. The van der Waals surface area contributed by atoms with E-state index in [1.165, 1.54) is 22.3 Å². The molecule has 5 nitrogen and oxygen atoms in total. The Morgan fingerprint density at radius 1 is 0.824 bits per heavy atom. The number of nitrogens with one attached hydrogen (secondary N) is 1. The van der Waals surface area contributed by atoms with Gasteiger partial charge in [-0.1, -0.05) is 48.5 Å². The van der Waals surface area contributed by atoms with Gasteiger partial charge in [0.1, 0.15) is 17.7 Å². The molecule has 0 saturated carbocycles. The van der Waals surface area contributed by atoms with E-state index in [0.717, 1.165) is 36.1 Å². The lowest BCUT2D eigenvalue weighted by molar-refractivity contribution is 0.172. The van der Waals surface area contributed by atoms with Crippen molar-refractivity contribution in [3.63, 3.8) is 0 Å². The van der Waals surface area contributed by atoms with Gasteiger partial charge in [0.25, 0.3) is 0 Å². The van der Waals surface area contributed by atoms with Gasteiger partial charge in [0.05, 0.1) is 0 Å². The van der Waals surface area contributed by atoms with Crippen molar-refractivity contribution in [2.24, 2.45) is 0 Å². The van der Waals surface area contributed by atoms with Crippen molar-refractivity contribution in [1.82, 2.24) is 5.32 Å². The van der Waals surface area contributed by atoms with Gasteiger partial charge < -0.3 is 19.0 Å². The van der Waals surface area contributed by atoms with Gasteiger partial charge in [0.15, 0.2) is 0 Å². The molecule has 0 saturated heterocycles. The van der Waals surface area contributed by atoms with E-state index < -0.39 is 8.60 Å². The summed E-state index contributed by atoms with van der Waals surface area (Å²) in [5.41, 5.74) is 7.35. The average Bonchev–Trinajstić information content (AvgIpc) is 2.81. The van der Waals surface area contributed by atoms with Crippen LogP contribution in [-0.2, 0) is 6.42 Å². The monoisotopic (exact) mass is 477 g/mol. The highest BCUT2D eigenvalue weighted by molar-refractivity contribution is 7.39. The minimum Gasteiger partial charge on any atom is -0.476 e. The van der Waals surface area contributed by atoms with E-state index in [1.54, 1.807) is 12.1 Å². The number of hydrogen-bond donors (Lipinski definition) is 3. The number of hydrogen-bond acceptors (Lipinski definition) is 5. The molecule has 3 N–H and O–H groups in total. The molecule has 3 aromatic carbocycles. The summed E-state index contributed by atoms with van der Waals surface area (Å²) in [6.45, 7) is 6.21. The predicted octanol–water partition coefficient (Wildman–Crippen LogP) is 6.30. The molecule has 6 heteroatoms. The molecule has 34 heavy (non-hydrogen) atoms. The van der Waals surface area contributed by atoms with Crippen LogP contribution in [0.5, 0.6) is 11.5 Å². The van der Waals surface area contributed by atoms with Crippen molar-refractivity contribution in [3.05, 3.63) is 95.1 Å². The Balaban J connectivity index is 1.74. The lowest BCUT2D eigenvalue weighted by atomic mass is 9.81. The van der Waals surface area contributed by atoms with E-state index in [4.69, 9.17) is 9.26 Å². The Morgan fingerprint density at radius 2 is 1.44 bits per heavy atom. The Morgan fingerprint density at radius 3 is 2.06 bits per heavy atom. The van der Waals surface area contributed by atoms with E-state index in [0.29, 0.717) is 11.8 Å². The molecule has 0 spiro atoms. The number of aryl methyl sites for hydroxylation is 1. The Bertz CT molecular complexity index is 1120. The third kappa shape index (κ3) is 6.05. The van der Waals surface area contributed by atoms with Crippen molar-refractivity contribution in [1.29, 1.82) is 0 Å². The molecule has 0 aromatic heterocycles. The second-order valence-electron chi connectivity index (χ2n) is 8.84. The van der Waals surface area contributed by atoms with Crippen LogP contribution in [0.3, 0.4) is 0 Å². The molecule has 1 atom stereocenters. The first kappa shape index (κ1) is 24.4. The van der Waals surface area contributed by atoms with Gasteiger partial charge in [-0.3, -0.25) is 5.32 Å². The fourth-order valence-corrected chi connectivity index (χ4v) is 4.89. The summed E-state index contributed by atoms with van der Waals surface area (Å²) in [4.78, 5) is 18.4. The van der Waals surface area contributed by atoms with E-state index in [-0.39, 0.29) is 6.23 Å². The first-order chi connectivity index (χ1) is 16.4. The second kappa shape index (κ2) is 11.2. The van der Waals surface area contributed by atoms with E-state index >= 15 is 0 Å². The molecule has 0 fully saturated rings. The van der Waals surface area contributed by atoms with E-state index in [1.807, 2.05) is 31.2 Å². The molecule has 1 unspecified atom stereocenters. The Labute approximate surface area is 203 Å². The Kier molecular flexibility index (Phi) is 8.02. The standard InChI is InChI=1S/C28H32NO4P/c1-19(2)29-20(3)32-24-15-11-22(12-16-24)28(23-13-17-25(18-14-23)33-34(30)31)27-10-6-8-21-7-4-5-9-26(21)27/h4-5,7,9,11-20,29-31H,6,8,10H2,1-3H3. The summed E-state index contributed by atoms with van der Waals surface area (Å²) in [7, 11) is -2.44. The quantitative estimate of drug-likeness (QED) is 0.263. The second-order valence-corrected chi connectivity index (χ2v) is 9.53. The number of fused-ring (bicyclic) bond motifs is 1. The number of rotatable bonds is 8. The third-order valence-corrected chi connectivity index (χ3v) is 6.25. The van der Waals surface area contributed by atoms with Gasteiger partial charge in [0.2, 0.25) is 0 Å². The fourth-order valence-electron chi connectivity index (χ4n) is 4.58. The molecular formula is C28H32NO4P. The minimum atomic E-state index is -2.44. The lowest BCUT2D eigenvalue weighted by Crippen LogP contribution is -2.36. The largest absolute Gasteiger partial charge is 0.476 e. The molecule has 0 aliphatic heterocycles. The van der Waals surface area contributed by atoms with Crippen molar-refractivity contribution in [2.45, 2.75) is 52.3 Å². The zero-order chi connectivity index (χ0) is 24.1. The molecule has 0 radical (unpaired) electrons. The van der Waals surface area contributed by atoms with Crippen LogP contribution in [0, 0.1) is 0 Å². The smallest absolute Gasteiger partial charge is 0.391 e. The zero-order valence-corrected chi connectivity index (χ0v) is 20.8. The normalized spacial score (nSPS) is 15.7. The van der Waals surface area contributed by atoms with Crippen LogP contribution in [-0.4, -0.2) is 22.1 Å². The molecular weight excluding hydrogens is 445 g/mol. The maximum Gasteiger partial charge on any atom is 0.391 e. The van der Waals surface area contributed by atoms with Gasteiger partial charge >= 0.3 is 8.60 Å². The summed E-state index contributed by atoms with van der Waals surface area (Å²) < 4.78 is 11.1. The van der Waals surface area contributed by atoms with Crippen molar-refractivity contribution >= 4 is 19.7 Å². The molecule has 0 amide bonds. The molecule has 0 bridgehead atoms. The highest BCUT2D eigenvalue weighted by Gasteiger charge is 2.20. The highest BCUT2D eigenvalue weighted by atomic mass is 31.2. The van der Waals surface area contributed by atoms with Crippen LogP contribution in [0.15, 0.2) is 72.8 Å². The zero-order valence-electron chi connectivity index (χ0n) is 19.9. The average molecular weight is 478 g/mol. The van der Waals surface area contributed by atoms with Gasteiger partial charge in [0, 0.05) is 6.04 Å². The number of benzene rings is 3. The van der Waals surface area contributed by atoms with Gasteiger partial charge in [-0.2, -0.15) is 0 Å². The van der Waals surface area contributed by atoms with Crippen LogP contribution in [0.25, 0.3) is 11.1 Å². The molecule has 3 aromatic rings. The van der Waals surface area contributed by atoms with Crippen molar-refractivity contribution < 1.29 is 19.0 Å². The van der Waals surface area contributed by atoms with Crippen LogP contribution < -0.4 is 14.6 Å². The summed E-state index contributed by atoms with van der Waals surface area (Å²) in [5, 5.41) is 3.36. The molecule has 178 valence electrons. The topological polar surface area (TPSA) is 71.0 Å². The molecule has 4 rings (SSSR count). The number of ether oxygens (including phenoxy) is 1. The maximum atomic E-state index is 9.18. The third-order valence-electron chi connectivity index (χ3n) is 5.87. The lowest BCUT2D eigenvalue weighted by Gasteiger charge is -2.24. The summed E-state index contributed by atoms with van der Waals surface area (Å²) in [5.74, 6) is 1.25. The van der Waals surface area contributed by atoms with Gasteiger partial charge in [-0.05, 0) is 97.7 Å². The van der Waals surface area contributed by atoms with Crippen LogP contribution in [0.4, 0.5) is 0 Å². The van der Waals surface area contributed by atoms with Crippen LogP contribution >= 0.6 is 8.60 Å². The van der Waals surface area contributed by atoms with Gasteiger partial charge in [-0.25, -0.2) is 0 Å². The van der Waals surface area contributed by atoms with E-state index in [2.05, 4.69) is 55.6 Å². The number of allylic oxidation sites excluding steroid dienone is 1. The first-order valence-electron chi connectivity index (χ1n) is 11.7. The Hall–Kier alpha value is -2.69. The highest BCUT2D eigenvalue weighted by Crippen LogP contribution is 2.40.